The van der Waals surface area contributed by atoms with Crippen LogP contribution in [0.3, 0.4) is 0 Å². The third-order valence-electron chi connectivity index (χ3n) is 1.93. The van der Waals surface area contributed by atoms with Gasteiger partial charge in [-0.1, -0.05) is 0 Å². The molecule has 3 nitrogen and oxygen atoms in total. The monoisotopic (exact) mass is 281 g/mol. The Morgan fingerprint density at radius 3 is 2.54 bits per heavy atom. The van der Waals surface area contributed by atoms with Gasteiger partial charge in [0.1, 0.15) is 0 Å². The number of aliphatic carboxylic acids is 1. The van der Waals surface area contributed by atoms with Crippen LogP contribution in [-0.4, -0.2) is 41.8 Å². The van der Waals surface area contributed by atoms with E-state index in [9.17, 15) is 4.79 Å². The van der Waals surface area contributed by atoms with Gasteiger partial charge >= 0.3 is 92.2 Å². The summed E-state index contributed by atoms with van der Waals surface area (Å²) in [5, 5.41) is 8.81. The zero-order chi connectivity index (χ0) is 9.68. The Balaban J connectivity index is 2.62. The zero-order valence-corrected chi connectivity index (χ0v) is 13.2. The van der Waals surface area contributed by atoms with Gasteiger partial charge in [0, 0.05) is 0 Å². The molecule has 0 aromatic heterocycles. The summed E-state index contributed by atoms with van der Waals surface area (Å²) in [4.78, 5) is 10.7. The van der Waals surface area contributed by atoms with Crippen LogP contribution in [0.1, 0.15) is 5.56 Å². The first-order valence-electron chi connectivity index (χ1n) is 4.18. The number of rotatable bonds is 4. The fourth-order valence-corrected chi connectivity index (χ4v) is 2.45. The van der Waals surface area contributed by atoms with E-state index in [1.54, 1.807) is 0 Å². The van der Waals surface area contributed by atoms with Crippen LogP contribution in [0.4, 0.5) is 0 Å². The van der Waals surface area contributed by atoms with Crippen molar-refractivity contribution in [3.63, 3.8) is 0 Å². The second-order valence-corrected chi connectivity index (χ2v) is 4.52. The van der Waals surface area contributed by atoms with Gasteiger partial charge in [-0.3, -0.25) is 0 Å². The molecule has 0 aliphatic carbocycles. The molecule has 68 valence electrons. The molecule has 0 aliphatic rings. The minimum atomic E-state index is -0.761. The van der Waals surface area contributed by atoms with E-state index in [1.807, 2.05) is 30.3 Å². The van der Waals surface area contributed by atoms with Crippen LogP contribution in [-0.2, 0) is 11.2 Å². The van der Waals surface area contributed by atoms with Crippen molar-refractivity contribution in [1.82, 2.24) is 3.30 Å². The topological polar surface area (TPSA) is 49.3 Å². The molecule has 0 fully saturated rings. The van der Waals surface area contributed by atoms with Crippen LogP contribution in [0.15, 0.2) is 30.3 Å². The van der Waals surface area contributed by atoms with Gasteiger partial charge in [0.2, 0.25) is 0 Å². The first-order chi connectivity index (χ1) is 6.24. The summed E-state index contributed by atoms with van der Waals surface area (Å²) in [6, 6.07) is 9.27. The van der Waals surface area contributed by atoms with Crippen molar-refractivity contribution in [1.29, 1.82) is 0 Å². The van der Waals surface area contributed by atoms with E-state index in [1.165, 1.54) is 0 Å². The van der Waals surface area contributed by atoms with Crippen LogP contribution in [0.2, 0.25) is 0 Å². The van der Waals surface area contributed by atoms with Gasteiger partial charge in [-0.15, -0.1) is 0 Å². The van der Waals surface area contributed by atoms with Crippen molar-refractivity contribution in [3.05, 3.63) is 35.9 Å². The molecular weight excluding hydrogens is 269 g/mol. The first kappa shape index (κ1) is 10.6. The van der Waals surface area contributed by atoms with Gasteiger partial charge in [0.05, 0.1) is 0 Å². The van der Waals surface area contributed by atoms with Crippen LogP contribution in [0.5, 0.6) is 0 Å². The maximum atomic E-state index is 10.7. The summed E-state index contributed by atoms with van der Waals surface area (Å²) >= 11 is 0.211. The summed E-state index contributed by atoms with van der Waals surface area (Å²) < 4.78 is 2.96. The number of benzene rings is 1. The van der Waals surface area contributed by atoms with Gasteiger partial charge in [0.25, 0.3) is 0 Å². The molecule has 4 heteroatoms. The van der Waals surface area contributed by atoms with Crippen molar-refractivity contribution in [2.45, 2.75) is 12.5 Å². The van der Waals surface area contributed by atoms with Crippen molar-refractivity contribution >= 4 is 30.6 Å². The van der Waals surface area contributed by atoms with Gasteiger partial charge in [-0.2, -0.15) is 0 Å². The van der Waals surface area contributed by atoms with E-state index in [2.05, 4.69) is 3.30 Å². The Hall–Kier alpha value is -0.480. The molecule has 0 radical (unpaired) electrons. The van der Waals surface area contributed by atoms with Gasteiger partial charge in [-0.05, 0) is 0 Å². The van der Waals surface area contributed by atoms with E-state index in [0.29, 0.717) is 6.42 Å². The molecule has 0 amide bonds. The number of carboxylic acids is 1. The predicted molar refractivity (Wildman–Crippen MR) is 53.2 cm³/mol. The number of nitrogens with one attached hydrogen (secondary N) is 1. The van der Waals surface area contributed by atoms with E-state index in [-0.39, 0.29) is 24.7 Å². The predicted octanol–water partition coefficient (Wildman–Crippen LogP) is -0.180. The van der Waals surface area contributed by atoms with Crippen molar-refractivity contribution < 1.29 is 9.90 Å². The first-order valence-corrected chi connectivity index (χ1v) is 7.03. The molecule has 0 bridgehead atoms. The van der Waals surface area contributed by atoms with Gasteiger partial charge in [0.15, 0.2) is 0 Å². The molecular formula is C9H12InNO2. The second kappa shape index (κ2) is 5.29. The fraction of sp³-hybridized carbons (Fsp3) is 0.222. The molecule has 0 heterocycles. The number of hydrogen-bond acceptors (Lipinski definition) is 2. The molecule has 1 aromatic carbocycles. The van der Waals surface area contributed by atoms with E-state index in [4.69, 9.17) is 5.11 Å². The Kier molecular flexibility index (Phi) is 4.32. The summed E-state index contributed by atoms with van der Waals surface area (Å²) in [5.74, 6) is -0.761. The van der Waals surface area contributed by atoms with Gasteiger partial charge < -0.3 is 0 Å². The quantitative estimate of drug-likeness (QED) is 0.805. The normalized spacial score (nSPS) is 12.3. The van der Waals surface area contributed by atoms with Crippen molar-refractivity contribution in [2.24, 2.45) is 0 Å². The SMILES string of the molecule is O=C(O)[C@H](Cc1ccccc1)[NH][InH2]. The standard InChI is InChI=1S/C9H10NO2.In.2H/c10-8(9(11)12)6-7-4-2-1-3-5-7;;;/h1-5,8,10H,6H2,(H,11,12);;;/q-1;+1;;/t8-;;;/m0.../s1. The summed E-state index contributed by atoms with van der Waals surface area (Å²) in [6.07, 6.45) is 0.573. The Bertz CT molecular complexity index is 276. The molecule has 0 spiro atoms. The zero-order valence-electron chi connectivity index (χ0n) is 7.53. The molecule has 1 rings (SSSR count). The average Bonchev–Trinajstić information content (AvgIpc) is 2.15. The molecule has 0 saturated carbocycles. The van der Waals surface area contributed by atoms with Crippen LogP contribution >= 0.6 is 0 Å². The van der Waals surface area contributed by atoms with E-state index < -0.39 is 12.0 Å². The Morgan fingerprint density at radius 1 is 1.46 bits per heavy atom. The average molecular weight is 281 g/mol. The van der Waals surface area contributed by atoms with E-state index >= 15 is 0 Å². The molecule has 2 N–H and O–H groups in total. The molecule has 0 unspecified atom stereocenters. The summed E-state index contributed by atoms with van der Waals surface area (Å²) in [6.45, 7) is 0. The number of carboxylic acid groups (broad SMARTS) is 1. The third kappa shape index (κ3) is 3.40. The Morgan fingerprint density at radius 2 is 2.08 bits per heavy atom. The van der Waals surface area contributed by atoms with Crippen LogP contribution in [0, 0.1) is 0 Å². The van der Waals surface area contributed by atoms with E-state index in [0.717, 1.165) is 5.56 Å². The second-order valence-electron chi connectivity index (χ2n) is 2.87. The fourth-order valence-electron chi connectivity index (χ4n) is 1.16. The third-order valence-corrected chi connectivity index (χ3v) is 3.92. The van der Waals surface area contributed by atoms with Crippen LogP contribution in [0.25, 0.3) is 0 Å². The molecule has 1 atom stereocenters. The molecule has 13 heavy (non-hydrogen) atoms. The Labute approximate surface area is 92.1 Å². The number of hydrogen-bond donors (Lipinski definition) is 2. The minimum absolute atomic E-state index is 0.211. The molecule has 0 aliphatic heterocycles. The van der Waals surface area contributed by atoms with Crippen molar-refractivity contribution in [3.8, 4) is 0 Å². The number of carbonyl (C=O) groups is 1. The summed E-state index contributed by atoms with van der Waals surface area (Å²) in [5.41, 5.74) is 1.07. The maximum absolute atomic E-state index is 10.7. The molecule has 1 aromatic rings. The van der Waals surface area contributed by atoms with Crippen LogP contribution < -0.4 is 3.30 Å². The molecule has 0 saturated heterocycles. The van der Waals surface area contributed by atoms with Crippen molar-refractivity contribution in [2.75, 3.05) is 0 Å². The summed E-state index contributed by atoms with van der Waals surface area (Å²) in [7, 11) is 0. The van der Waals surface area contributed by atoms with Gasteiger partial charge in [-0.25, -0.2) is 0 Å².